The van der Waals surface area contributed by atoms with E-state index < -0.39 is 10.0 Å². The lowest BCUT2D eigenvalue weighted by Crippen LogP contribution is -2.22. The number of H-pyrrole nitrogens is 1. The van der Waals surface area contributed by atoms with Gasteiger partial charge in [0.05, 0.1) is 12.9 Å². The van der Waals surface area contributed by atoms with Gasteiger partial charge in [0.2, 0.25) is 10.0 Å². The number of ether oxygens (including phenoxy) is 1. The lowest BCUT2D eigenvalue weighted by atomic mass is 10.1. The summed E-state index contributed by atoms with van der Waals surface area (Å²) in [6.07, 6.45) is 7.85. The maximum Gasteiger partial charge on any atom is 0.208 e. The number of hydrogen-bond acceptors (Lipinski definition) is 4. The molecule has 25 heavy (non-hydrogen) atoms. The molecule has 2 aromatic rings. The smallest absolute Gasteiger partial charge is 0.208 e. The number of rotatable bonds is 11. The highest BCUT2D eigenvalue weighted by Gasteiger charge is 2.07. The van der Waals surface area contributed by atoms with Gasteiger partial charge >= 0.3 is 0 Å². The zero-order valence-corrected chi connectivity index (χ0v) is 15.9. The van der Waals surface area contributed by atoms with Gasteiger partial charge in [0.15, 0.2) is 0 Å². The molecule has 0 fully saturated rings. The van der Waals surface area contributed by atoms with E-state index >= 15 is 0 Å². The lowest BCUT2D eigenvalue weighted by molar-refractivity contribution is 0.305. The van der Waals surface area contributed by atoms with Crippen molar-refractivity contribution in [3.8, 4) is 5.75 Å². The fourth-order valence-electron chi connectivity index (χ4n) is 2.79. The molecular formula is C18H29N3O3S. The predicted molar refractivity (Wildman–Crippen MR) is 102 cm³/mol. The molecule has 140 valence electrons. The van der Waals surface area contributed by atoms with E-state index in [-0.39, 0.29) is 6.04 Å². The summed E-state index contributed by atoms with van der Waals surface area (Å²) in [6, 6.07) is 6.21. The van der Waals surface area contributed by atoms with Crippen LogP contribution in [0.25, 0.3) is 10.9 Å². The quantitative estimate of drug-likeness (QED) is 0.532. The van der Waals surface area contributed by atoms with E-state index in [4.69, 9.17) is 10.5 Å². The molecule has 0 saturated carbocycles. The number of sulfonamides is 1. The van der Waals surface area contributed by atoms with Crippen molar-refractivity contribution in [1.82, 2.24) is 9.71 Å². The second kappa shape index (κ2) is 9.22. The van der Waals surface area contributed by atoms with Crippen LogP contribution in [0.4, 0.5) is 0 Å². The molecule has 0 aliphatic rings. The van der Waals surface area contributed by atoms with E-state index in [1.165, 1.54) is 17.2 Å². The van der Waals surface area contributed by atoms with Gasteiger partial charge in [-0.25, -0.2) is 13.1 Å². The summed E-state index contributed by atoms with van der Waals surface area (Å²) in [7, 11) is -3.07. The Morgan fingerprint density at radius 3 is 2.72 bits per heavy atom. The van der Waals surface area contributed by atoms with Gasteiger partial charge in [-0.2, -0.15) is 0 Å². The number of nitrogens with two attached hydrogens (primary N) is 1. The molecule has 4 N–H and O–H groups in total. The van der Waals surface area contributed by atoms with Crippen molar-refractivity contribution in [1.29, 1.82) is 0 Å². The van der Waals surface area contributed by atoms with Crippen LogP contribution in [0.5, 0.6) is 5.75 Å². The number of aromatic nitrogens is 1. The Morgan fingerprint density at radius 2 is 2.00 bits per heavy atom. The van der Waals surface area contributed by atoms with Crippen LogP contribution in [0.1, 0.15) is 38.2 Å². The normalized spacial score (nSPS) is 13.2. The maximum atomic E-state index is 10.9. The van der Waals surface area contributed by atoms with Crippen LogP contribution < -0.4 is 15.2 Å². The van der Waals surface area contributed by atoms with Crippen molar-refractivity contribution in [3.63, 3.8) is 0 Å². The minimum atomic E-state index is -3.07. The molecule has 1 heterocycles. The molecule has 6 nitrogen and oxygen atoms in total. The van der Waals surface area contributed by atoms with Gasteiger partial charge in [0.1, 0.15) is 5.75 Å². The van der Waals surface area contributed by atoms with Crippen LogP contribution in [0, 0.1) is 0 Å². The van der Waals surface area contributed by atoms with Crippen LogP contribution in [-0.4, -0.2) is 38.9 Å². The Bertz CT molecular complexity index is 769. The molecule has 1 aromatic heterocycles. The fourth-order valence-corrected chi connectivity index (χ4v) is 3.31. The Morgan fingerprint density at radius 1 is 1.24 bits per heavy atom. The van der Waals surface area contributed by atoms with Crippen LogP contribution in [-0.2, 0) is 16.4 Å². The molecule has 0 radical (unpaired) electrons. The minimum absolute atomic E-state index is 0.126. The molecule has 0 amide bonds. The summed E-state index contributed by atoms with van der Waals surface area (Å²) < 4.78 is 30.2. The lowest BCUT2D eigenvalue weighted by Gasteiger charge is -2.08. The zero-order chi connectivity index (χ0) is 18.3. The maximum absolute atomic E-state index is 10.9. The van der Waals surface area contributed by atoms with Crippen molar-refractivity contribution < 1.29 is 13.2 Å². The number of aromatic amines is 1. The fraction of sp³-hybridized carbons (Fsp3) is 0.556. The van der Waals surface area contributed by atoms with Crippen molar-refractivity contribution in [2.24, 2.45) is 5.73 Å². The SMILES string of the molecule is CC(N)Cc1c[nH]c2ccc(OCCCCCCNS(C)(=O)=O)cc12. The molecule has 1 unspecified atom stereocenters. The first-order chi connectivity index (χ1) is 11.8. The predicted octanol–water partition coefficient (Wildman–Crippen LogP) is 2.55. The monoisotopic (exact) mass is 367 g/mol. The molecule has 7 heteroatoms. The average Bonchev–Trinajstić information content (AvgIpc) is 2.90. The largest absolute Gasteiger partial charge is 0.494 e. The summed E-state index contributed by atoms with van der Waals surface area (Å²) in [6.45, 7) is 3.18. The van der Waals surface area contributed by atoms with Crippen LogP contribution in [0.3, 0.4) is 0 Å². The highest BCUT2D eigenvalue weighted by molar-refractivity contribution is 7.88. The van der Waals surface area contributed by atoms with Crippen LogP contribution >= 0.6 is 0 Å². The first-order valence-corrected chi connectivity index (χ1v) is 10.7. The first kappa shape index (κ1) is 19.8. The Kier molecular flexibility index (Phi) is 7.28. The van der Waals surface area contributed by atoms with E-state index in [0.717, 1.165) is 43.4 Å². The van der Waals surface area contributed by atoms with E-state index in [2.05, 4.69) is 15.8 Å². The van der Waals surface area contributed by atoms with Gasteiger partial charge in [0.25, 0.3) is 0 Å². The minimum Gasteiger partial charge on any atom is -0.494 e. The third-order valence-corrected chi connectivity index (χ3v) is 4.71. The van der Waals surface area contributed by atoms with Gasteiger partial charge in [0, 0.05) is 29.7 Å². The standard InChI is InChI=1S/C18H29N3O3S/c1-14(19)11-15-13-20-18-8-7-16(12-17(15)18)24-10-6-4-3-5-9-21-25(2,22)23/h7-8,12-14,20-21H,3-6,9-11,19H2,1-2H3. The molecule has 0 spiro atoms. The second-order valence-electron chi connectivity index (χ2n) is 6.63. The number of nitrogens with one attached hydrogen (secondary N) is 2. The number of unbranched alkanes of at least 4 members (excludes halogenated alkanes) is 3. The van der Waals surface area contributed by atoms with E-state index in [0.29, 0.717) is 13.2 Å². The average molecular weight is 368 g/mol. The number of benzene rings is 1. The summed E-state index contributed by atoms with van der Waals surface area (Å²) in [4.78, 5) is 3.27. The molecule has 1 atom stereocenters. The zero-order valence-electron chi connectivity index (χ0n) is 15.0. The van der Waals surface area contributed by atoms with Gasteiger partial charge in [-0.1, -0.05) is 12.8 Å². The van der Waals surface area contributed by atoms with Crippen molar-refractivity contribution in [3.05, 3.63) is 30.0 Å². The Balaban J connectivity index is 1.72. The third kappa shape index (κ3) is 7.05. The Hall–Kier alpha value is -1.57. The van der Waals surface area contributed by atoms with Gasteiger partial charge < -0.3 is 15.5 Å². The molecule has 0 aliphatic heterocycles. The molecule has 0 saturated heterocycles. The first-order valence-electron chi connectivity index (χ1n) is 8.78. The number of fused-ring (bicyclic) bond motifs is 1. The summed E-state index contributed by atoms with van der Waals surface area (Å²) >= 11 is 0. The molecule has 0 bridgehead atoms. The number of hydrogen-bond donors (Lipinski definition) is 3. The van der Waals surface area contributed by atoms with Gasteiger partial charge in [-0.15, -0.1) is 0 Å². The highest BCUT2D eigenvalue weighted by Crippen LogP contribution is 2.24. The summed E-state index contributed by atoms with van der Waals surface area (Å²) in [5.41, 5.74) is 8.22. The van der Waals surface area contributed by atoms with E-state index in [1.54, 1.807) is 0 Å². The van der Waals surface area contributed by atoms with Crippen LogP contribution in [0.15, 0.2) is 24.4 Å². The molecule has 0 aliphatic carbocycles. The summed E-state index contributed by atoms with van der Waals surface area (Å²) in [5, 5.41) is 1.17. The van der Waals surface area contributed by atoms with Crippen molar-refractivity contribution in [2.45, 2.75) is 45.1 Å². The third-order valence-electron chi connectivity index (χ3n) is 3.98. The van der Waals surface area contributed by atoms with Gasteiger partial charge in [-0.05, 0) is 49.9 Å². The second-order valence-corrected chi connectivity index (χ2v) is 8.46. The van der Waals surface area contributed by atoms with E-state index in [9.17, 15) is 8.42 Å². The van der Waals surface area contributed by atoms with Crippen LogP contribution in [0.2, 0.25) is 0 Å². The van der Waals surface area contributed by atoms with Gasteiger partial charge in [-0.3, -0.25) is 0 Å². The van der Waals surface area contributed by atoms with Crippen molar-refractivity contribution >= 4 is 20.9 Å². The molecular weight excluding hydrogens is 338 g/mol. The Labute approximate surface area is 150 Å². The topological polar surface area (TPSA) is 97.2 Å². The highest BCUT2D eigenvalue weighted by atomic mass is 32.2. The molecule has 2 rings (SSSR count). The molecule has 1 aromatic carbocycles. The summed E-state index contributed by atoms with van der Waals surface area (Å²) in [5.74, 6) is 0.872. The van der Waals surface area contributed by atoms with Crippen molar-refractivity contribution in [2.75, 3.05) is 19.4 Å². The van der Waals surface area contributed by atoms with E-state index in [1.807, 2.05) is 25.3 Å².